The lowest BCUT2D eigenvalue weighted by Crippen LogP contribution is -2.10. The summed E-state index contributed by atoms with van der Waals surface area (Å²) in [6.07, 6.45) is 0.887. The predicted octanol–water partition coefficient (Wildman–Crippen LogP) is 3.31. The van der Waals surface area contributed by atoms with Gasteiger partial charge in [-0.15, -0.1) is 16.4 Å². The Balaban J connectivity index is 1.65. The molecule has 0 bridgehead atoms. The molecule has 1 aromatic carbocycles. The molecule has 3 rings (SSSR count). The molecule has 124 valence electrons. The van der Waals surface area contributed by atoms with Gasteiger partial charge in [0.1, 0.15) is 10.7 Å². The molecular formula is C16H15FN4O2S. The van der Waals surface area contributed by atoms with Crippen LogP contribution in [0.25, 0.3) is 10.4 Å². The van der Waals surface area contributed by atoms with E-state index in [2.05, 4.69) is 15.5 Å². The van der Waals surface area contributed by atoms with Gasteiger partial charge in [-0.1, -0.05) is 19.1 Å². The second-order valence-electron chi connectivity index (χ2n) is 5.07. The number of esters is 1. The summed E-state index contributed by atoms with van der Waals surface area (Å²) in [7, 11) is 0. The van der Waals surface area contributed by atoms with Crippen LogP contribution in [0, 0.1) is 5.82 Å². The summed E-state index contributed by atoms with van der Waals surface area (Å²) < 4.78 is 19.9. The van der Waals surface area contributed by atoms with Gasteiger partial charge in [-0.2, -0.15) is 0 Å². The van der Waals surface area contributed by atoms with Crippen molar-refractivity contribution in [3.8, 4) is 10.4 Å². The van der Waals surface area contributed by atoms with Gasteiger partial charge in [0, 0.05) is 11.4 Å². The second kappa shape index (κ2) is 7.31. The molecule has 3 aromatic rings. The quantitative estimate of drug-likeness (QED) is 0.641. The maximum Gasteiger partial charge on any atom is 0.348 e. The number of aromatic nitrogens is 4. The molecule has 0 aliphatic heterocycles. The zero-order valence-corrected chi connectivity index (χ0v) is 13.8. The smallest absolute Gasteiger partial charge is 0.348 e. The molecule has 6 nitrogen and oxygen atoms in total. The summed E-state index contributed by atoms with van der Waals surface area (Å²) in [4.78, 5) is 13.5. The first-order valence-electron chi connectivity index (χ1n) is 7.45. The van der Waals surface area contributed by atoms with Crippen LogP contribution < -0.4 is 0 Å². The lowest BCUT2D eigenvalue weighted by molar-refractivity contribution is 0.0462. The van der Waals surface area contributed by atoms with E-state index in [9.17, 15) is 9.18 Å². The minimum atomic E-state index is -0.431. The van der Waals surface area contributed by atoms with Crippen molar-refractivity contribution in [2.45, 2.75) is 26.5 Å². The van der Waals surface area contributed by atoms with Gasteiger partial charge < -0.3 is 4.74 Å². The van der Waals surface area contributed by atoms with Gasteiger partial charge in [-0.25, -0.2) is 13.9 Å². The van der Waals surface area contributed by atoms with Gasteiger partial charge >= 0.3 is 5.97 Å². The van der Waals surface area contributed by atoms with Gasteiger partial charge in [0.25, 0.3) is 0 Å². The average Bonchev–Trinajstić information content (AvgIpc) is 3.23. The topological polar surface area (TPSA) is 69.9 Å². The van der Waals surface area contributed by atoms with Crippen LogP contribution in [-0.4, -0.2) is 26.2 Å². The highest BCUT2D eigenvalue weighted by Gasteiger charge is 2.14. The molecule has 0 N–H and O–H groups in total. The number of hydrogen-bond donors (Lipinski definition) is 0. The molecule has 0 aliphatic rings. The third-order valence-corrected chi connectivity index (χ3v) is 4.42. The zero-order chi connectivity index (χ0) is 16.9. The molecule has 24 heavy (non-hydrogen) atoms. The van der Waals surface area contributed by atoms with Gasteiger partial charge in [0.15, 0.2) is 12.4 Å². The Morgan fingerprint density at radius 3 is 2.79 bits per heavy atom. The fourth-order valence-corrected chi connectivity index (χ4v) is 3.04. The number of nitrogens with zero attached hydrogens (tertiary/aromatic N) is 4. The highest BCUT2D eigenvalue weighted by molar-refractivity contribution is 7.17. The van der Waals surface area contributed by atoms with E-state index in [-0.39, 0.29) is 12.4 Å². The first-order chi connectivity index (χ1) is 11.7. The number of hydrogen-bond acceptors (Lipinski definition) is 6. The second-order valence-corrected chi connectivity index (χ2v) is 6.15. The van der Waals surface area contributed by atoms with Crippen LogP contribution in [0.2, 0.25) is 0 Å². The fraction of sp³-hybridized carbons (Fsp3) is 0.250. The van der Waals surface area contributed by atoms with Crippen LogP contribution in [-0.2, 0) is 17.9 Å². The van der Waals surface area contributed by atoms with Gasteiger partial charge in [-0.3, -0.25) is 0 Å². The molecule has 0 saturated heterocycles. The normalized spacial score (nSPS) is 10.8. The lowest BCUT2D eigenvalue weighted by atomic mass is 10.2. The number of carbonyl (C=O) groups excluding carboxylic acids is 1. The largest absolute Gasteiger partial charge is 0.453 e. The van der Waals surface area contributed by atoms with Crippen molar-refractivity contribution in [3.63, 3.8) is 0 Å². The molecule has 8 heteroatoms. The number of rotatable bonds is 6. The predicted molar refractivity (Wildman–Crippen MR) is 86.9 cm³/mol. The van der Waals surface area contributed by atoms with Gasteiger partial charge in [0.05, 0.1) is 0 Å². The summed E-state index contributed by atoms with van der Waals surface area (Å²) in [6, 6.07) is 9.64. The summed E-state index contributed by atoms with van der Waals surface area (Å²) >= 11 is 1.30. The Labute approximate surface area is 141 Å². The van der Waals surface area contributed by atoms with E-state index in [1.807, 2.05) is 13.0 Å². The van der Waals surface area contributed by atoms with Crippen molar-refractivity contribution in [1.82, 2.24) is 20.2 Å². The van der Waals surface area contributed by atoms with Crippen LogP contribution in [0.5, 0.6) is 0 Å². The first kappa shape index (κ1) is 16.3. The van der Waals surface area contributed by atoms with E-state index < -0.39 is 5.97 Å². The van der Waals surface area contributed by atoms with Crippen LogP contribution in [0.1, 0.15) is 28.8 Å². The molecular weight excluding hydrogens is 331 g/mol. The third kappa shape index (κ3) is 3.65. The Morgan fingerprint density at radius 2 is 2.04 bits per heavy atom. The molecule has 0 aliphatic carbocycles. The molecule has 0 fully saturated rings. The molecule has 0 saturated carbocycles. The van der Waals surface area contributed by atoms with Gasteiger partial charge in [0.2, 0.25) is 0 Å². The third-order valence-electron chi connectivity index (χ3n) is 3.31. The van der Waals surface area contributed by atoms with E-state index in [1.165, 1.54) is 23.5 Å². The zero-order valence-electron chi connectivity index (χ0n) is 13.0. The number of ether oxygens (including phenoxy) is 1. The molecule has 0 atom stereocenters. The number of benzene rings is 1. The van der Waals surface area contributed by atoms with Crippen LogP contribution in [0.15, 0.2) is 36.4 Å². The molecule has 2 aromatic heterocycles. The fourth-order valence-electron chi connectivity index (χ4n) is 2.13. The van der Waals surface area contributed by atoms with E-state index in [0.717, 1.165) is 16.9 Å². The molecule has 0 spiro atoms. The highest BCUT2D eigenvalue weighted by atomic mass is 32.1. The summed E-state index contributed by atoms with van der Waals surface area (Å²) in [5, 5.41) is 11.3. The molecule has 0 radical (unpaired) electrons. The Kier molecular flexibility index (Phi) is 4.95. The van der Waals surface area contributed by atoms with Crippen LogP contribution in [0.3, 0.4) is 0 Å². The molecule has 0 unspecified atom stereocenters. The van der Waals surface area contributed by atoms with Gasteiger partial charge in [-0.05, 0) is 46.7 Å². The summed E-state index contributed by atoms with van der Waals surface area (Å²) in [6.45, 7) is 2.71. The standard InChI is InChI=1S/C16H15FN4O2S/c1-2-9-21-15(18-19-20-21)10-23-16(22)14-8-7-13(24-14)11-3-5-12(17)6-4-11/h3-8H,2,9-10H2,1H3. The van der Waals surface area contributed by atoms with Crippen LogP contribution >= 0.6 is 11.3 Å². The Hall–Kier alpha value is -2.61. The van der Waals surface area contributed by atoms with Crippen molar-refractivity contribution in [3.05, 3.63) is 52.9 Å². The number of halogens is 1. The van der Waals surface area contributed by atoms with E-state index >= 15 is 0 Å². The van der Waals surface area contributed by atoms with Crippen molar-refractivity contribution < 1.29 is 13.9 Å². The maximum atomic E-state index is 13.0. The lowest BCUT2D eigenvalue weighted by Gasteiger charge is -2.03. The van der Waals surface area contributed by atoms with Crippen molar-refractivity contribution in [2.24, 2.45) is 0 Å². The molecule has 2 heterocycles. The van der Waals surface area contributed by atoms with Crippen molar-refractivity contribution >= 4 is 17.3 Å². The average molecular weight is 346 g/mol. The molecule has 0 amide bonds. The number of thiophene rings is 1. The van der Waals surface area contributed by atoms with Crippen LogP contribution in [0.4, 0.5) is 4.39 Å². The van der Waals surface area contributed by atoms with Crippen molar-refractivity contribution in [2.75, 3.05) is 0 Å². The minimum absolute atomic E-state index is 0.0234. The number of tetrazole rings is 1. The monoisotopic (exact) mass is 346 g/mol. The first-order valence-corrected chi connectivity index (χ1v) is 8.27. The summed E-state index contributed by atoms with van der Waals surface area (Å²) in [5.41, 5.74) is 0.854. The highest BCUT2D eigenvalue weighted by Crippen LogP contribution is 2.28. The van der Waals surface area contributed by atoms with Crippen molar-refractivity contribution in [1.29, 1.82) is 0 Å². The Bertz CT molecular complexity index is 829. The van der Waals surface area contributed by atoms with E-state index in [1.54, 1.807) is 22.9 Å². The van der Waals surface area contributed by atoms with E-state index in [0.29, 0.717) is 17.2 Å². The Morgan fingerprint density at radius 1 is 1.25 bits per heavy atom. The maximum absolute atomic E-state index is 13.0. The number of aryl methyl sites for hydroxylation is 1. The number of carbonyl (C=O) groups is 1. The van der Waals surface area contributed by atoms with E-state index in [4.69, 9.17) is 4.74 Å². The summed E-state index contributed by atoms with van der Waals surface area (Å²) in [5.74, 6) is -0.209. The SMILES string of the molecule is CCCn1nnnc1COC(=O)c1ccc(-c2ccc(F)cc2)s1. The minimum Gasteiger partial charge on any atom is -0.453 e.